The second kappa shape index (κ2) is 10.4. The Morgan fingerprint density at radius 3 is 2.57 bits per heavy atom. The number of thiocarbonyl (C=S) groups is 1. The molecule has 0 N–H and O–H groups in total. The number of hydrogen-bond donors (Lipinski definition) is 0. The highest BCUT2D eigenvalue weighted by atomic mass is 32.2. The Hall–Kier alpha value is -2.83. The molecule has 1 saturated heterocycles. The third-order valence-corrected chi connectivity index (χ3v) is 8.52. The molecule has 1 aliphatic heterocycles. The summed E-state index contributed by atoms with van der Waals surface area (Å²) in [5.41, 5.74) is 2.66. The predicted octanol–water partition coefficient (Wildman–Crippen LogP) is 3.64. The van der Waals surface area contributed by atoms with Gasteiger partial charge in [-0.25, -0.2) is 17.4 Å². The van der Waals surface area contributed by atoms with Crippen LogP contribution in [-0.4, -0.2) is 72.0 Å². The van der Waals surface area contributed by atoms with Crippen molar-refractivity contribution in [3.8, 4) is 16.9 Å². The molecular formula is C24H24N4O4S3. The largest absolute Gasteiger partial charge is 0.383 e. The zero-order valence-corrected chi connectivity index (χ0v) is 21.9. The zero-order chi connectivity index (χ0) is 25.2. The van der Waals surface area contributed by atoms with E-state index in [4.69, 9.17) is 22.1 Å². The van der Waals surface area contributed by atoms with Crippen LogP contribution < -0.4 is 0 Å². The van der Waals surface area contributed by atoms with Gasteiger partial charge in [-0.05, 0) is 30.3 Å². The average molecular weight is 529 g/mol. The highest BCUT2D eigenvalue weighted by Gasteiger charge is 2.32. The quantitative estimate of drug-likeness (QED) is 0.326. The maximum Gasteiger partial charge on any atom is 0.266 e. The minimum absolute atomic E-state index is 0.158. The number of methoxy groups -OCH3 is 1. The van der Waals surface area contributed by atoms with E-state index in [0.717, 1.165) is 5.69 Å². The van der Waals surface area contributed by atoms with Crippen molar-refractivity contribution in [2.45, 2.75) is 4.90 Å². The molecule has 1 amide bonds. The molecule has 1 fully saturated rings. The first kappa shape index (κ1) is 25.3. The van der Waals surface area contributed by atoms with Crippen molar-refractivity contribution >= 4 is 50.3 Å². The van der Waals surface area contributed by atoms with Crippen LogP contribution >= 0.6 is 24.0 Å². The molecule has 0 unspecified atom stereocenters. The van der Waals surface area contributed by atoms with Gasteiger partial charge in [-0.3, -0.25) is 9.69 Å². The number of rotatable bonds is 8. The first-order chi connectivity index (χ1) is 16.7. The lowest BCUT2D eigenvalue weighted by atomic mass is 10.1. The third kappa shape index (κ3) is 5.24. The Morgan fingerprint density at radius 2 is 1.89 bits per heavy atom. The summed E-state index contributed by atoms with van der Waals surface area (Å²) in [4.78, 5) is 15.1. The lowest BCUT2D eigenvalue weighted by Crippen LogP contribution is -2.31. The molecule has 35 heavy (non-hydrogen) atoms. The number of amides is 1. The third-order valence-electron chi connectivity index (χ3n) is 5.33. The van der Waals surface area contributed by atoms with Crippen molar-refractivity contribution in [3.05, 3.63) is 71.3 Å². The maximum atomic E-state index is 13.0. The summed E-state index contributed by atoms with van der Waals surface area (Å²) in [6, 6.07) is 16.2. The Kier molecular flexibility index (Phi) is 7.53. The molecule has 0 bridgehead atoms. The van der Waals surface area contributed by atoms with Crippen LogP contribution in [0, 0.1) is 0 Å². The standard InChI is InChI=1S/C24H24N4O4S3/c1-26(2)35(30,31)20-11-7-8-17(14-20)22-18(16-28(25-22)19-9-5-4-6-10-19)15-21-23(29)27(12-13-32-3)24(33)34-21/h4-11,14-16H,12-13H2,1-3H3/b21-15-. The topological polar surface area (TPSA) is 84.7 Å². The van der Waals surface area contributed by atoms with Crippen molar-refractivity contribution in [2.24, 2.45) is 0 Å². The second-order valence-corrected chi connectivity index (χ2v) is 11.7. The number of aromatic nitrogens is 2. The van der Waals surface area contributed by atoms with Crippen molar-refractivity contribution in [1.82, 2.24) is 19.0 Å². The van der Waals surface area contributed by atoms with Crippen molar-refractivity contribution in [3.63, 3.8) is 0 Å². The van der Waals surface area contributed by atoms with Gasteiger partial charge in [0.15, 0.2) is 0 Å². The van der Waals surface area contributed by atoms with Gasteiger partial charge >= 0.3 is 0 Å². The number of carbonyl (C=O) groups is 1. The van der Waals surface area contributed by atoms with Gasteiger partial charge in [0.1, 0.15) is 10.0 Å². The van der Waals surface area contributed by atoms with Gasteiger partial charge in [0.25, 0.3) is 5.91 Å². The number of benzene rings is 2. The molecule has 0 atom stereocenters. The molecule has 0 radical (unpaired) electrons. The number of para-hydroxylation sites is 1. The molecule has 1 aromatic heterocycles. The van der Waals surface area contributed by atoms with Gasteiger partial charge in [0.05, 0.1) is 28.6 Å². The first-order valence-electron chi connectivity index (χ1n) is 10.6. The van der Waals surface area contributed by atoms with Crippen LogP contribution in [0.2, 0.25) is 0 Å². The molecular weight excluding hydrogens is 504 g/mol. The van der Waals surface area contributed by atoms with Crippen molar-refractivity contribution < 1.29 is 17.9 Å². The lowest BCUT2D eigenvalue weighted by Gasteiger charge is -2.13. The molecule has 4 rings (SSSR count). The van der Waals surface area contributed by atoms with E-state index < -0.39 is 10.0 Å². The molecule has 11 heteroatoms. The molecule has 3 aromatic rings. The number of hydrogen-bond acceptors (Lipinski definition) is 7. The monoisotopic (exact) mass is 528 g/mol. The van der Waals surface area contributed by atoms with E-state index >= 15 is 0 Å². The number of ether oxygens (including phenoxy) is 1. The minimum atomic E-state index is -3.63. The van der Waals surface area contributed by atoms with E-state index in [1.807, 2.05) is 36.5 Å². The Labute approximate surface area is 214 Å². The van der Waals surface area contributed by atoms with E-state index in [1.54, 1.807) is 42.1 Å². The second-order valence-electron chi connectivity index (χ2n) is 7.85. The van der Waals surface area contributed by atoms with Crippen LogP contribution in [0.5, 0.6) is 0 Å². The highest BCUT2D eigenvalue weighted by Crippen LogP contribution is 2.35. The van der Waals surface area contributed by atoms with Gasteiger partial charge in [-0.1, -0.05) is 54.3 Å². The van der Waals surface area contributed by atoms with Gasteiger partial charge < -0.3 is 4.74 Å². The lowest BCUT2D eigenvalue weighted by molar-refractivity contribution is -0.122. The van der Waals surface area contributed by atoms with Crippen LogP contribution in [-0.2, 0) is 19.6 Å². The fourth-order valence-electron chi connectivity index (χ4n) is 3.46. The minimum Gasteiger partial charge on any atom is -0.383 e. The summed E-state index contributed by atoms with van der Waals surface area (Å²) in [6.07, 6.45) is 3.57. The Balaban J connectivity index is 1.82. The highest BCUT2D eigenvalue weighted by molar-refractivity contribution is 8.26. The molecule has 2 aromatic carbocycles. The van der Waals surface area contributed by atoms with Crippen molar-refractivity contribution in [2.75, 3.05) is 34.4 Å². The fourth-order valence-corrected chi connectivity index (χ4v) is 5.71. The summed E-state index contributed by atoms with van der Waals surface area (Å²) >= 11 is 6.62. The molecule has 0 spiro atoms. The number of thioether (sulfide) groups is 1. The molecule has 2 heterocycles. The average Bonchev–Trinajstić information content (AvgIpc) is 3.39. The normalized spacial score (nSPS) is 15.5. The predicted molar refractivity (Wildman–Crippen MR) is 142 cm³/mol. The van der Waals surface area contributed by atoms with Gasteiger partial charge in [-0.15, -0.1) is 0 Å². The van der Waals surface area contributed by atoms with E-state index in [2.05, 4.69) is 0 Å². The van der Waals surface area contributed by atoms with E-state index in [9.17, 15) is 13.2 Å². The first-order valence-corrected chi connectivity index (χ1v) is 13.3. The Morgan fingerprint density at radius 1 is 1.14 bits per heavy atom. The van der Waals surface area contributed by atoms with E-state index in [0.29, 0.717) is 39.2 Å². The number of sulfonamides is 1. The van der Waals surface area contributed by atoms with Gasteiger partial charge in [-0.2, -0.15) is 5.10 Å². The summed E-state index contributed by atoms with van der Waals surface area (Å²) < 4.78 is 33.9. The Bertz CT molecular complexity index is 1400. The zero-order valence-electron chi connectivity index (χ0n) is 19.4. The van der Waals surface area contributed by atoms with Crippen LogP contribution in [0.25, 0.3) is 23.0 Å². The number of nitrogens with zero attached hydrogens (tertiary/aromatic N) is 4. The SMILES string of the molecule is COCCN1C(=O)/C(=C/c2cn(-c3ccccc3)nc2-c2cccc(S(=O)(=O)N(C)C)c2)SC1=S. The van der Waals surface area contributed by atoms with Gasteiger partial charge in [0.2, 0.25) is 10.0 Å². The maximum absolute atomic E-state index is 13.0. The van der Waals surface area contributed by atoms with Crippen LogP contribution in [0.15, 0.2) is 70.6 Å². The van der Waals surface area contributed by atoms with Crippen LogP contribution in [0.3, 0.4) is 0 Å². The fraction of sp³-hybridized carbons (Fsp3) is 0.208. The van der Waals surface area contributed by atoms with Crippen molar-refractivity contribution in [1.29, 1.82) is 0 Å². The van der Waals surface area contributed by atoms with Gasteiger partial charge in [0, 0.05) is 38.5 Å². The van der Waals surface area contributed by atoms with Crippen LogP contribution in [0.4, 0.5) is 0 Å². The molecule has 1 aliphatic rings. The van der Waals surface area contributed by atoms with E-state index in [-0.39, 0.29) is 10.8 Å². The summed E-state index contributed by atoms with van der Waals surface area (Å²) in [5.74, 6) is -0.195. The number of carbonyl (C=O) groups excluding carboxylic acids is 1. The summed E-state index contributed by atoms with van der Waals surface area (Å²) in [6.45, 7) is 0.753. The summed E-state index contributed by atoms with van der Waals surface area (Å²) in [5, 5.41) is 4.75. The molecule has 8 nitrogen and oxygen atoms in total. The smallest absolute Gasteiger partial charge is 0.266 e. The molecule has 182 valence electrons. The molecule has 0 saturated carbocycles. The van der Waals surface area contributed by atoms with E-state index in [1.165, 1.54) is 35.1 Å². The summed E-state index contributed by atoms with van der Waals surface area (Å²) in [7, 11) is 0.920. The van der Waals surface area contributed by atoms with Crippen LogP contribution in [0.1, 0.15) is 5.56 Å². The molecule has 0 aliphatic carbocycles.